The summed E-state index contributed by atoms with van der Waals surface area (Å²) in [4.78, 5) is 11.8. The van der Waals surface area contributed by atoms with Crippen LogP contribution in [0.3, 0.4) is 0 Å². The summed E-state index contributed by atoms with van der Waals surface area (Å²) in [5.74, 6) is 0.788. The van der Waals surface area contributed by atoms with Crippen LogP contribution in [0.25, 0.3) is 0 Å². The lowest BCUT2D eigenvalue weighted by Crippen LogP contribution is -2.31. The molecule has 0 bridgehead atoms. The molecule has 3 rings (SSSR count). The second kappa shape index (κ2) is 7.12. The minimum atomic E-state index is 0.0708. The Bertz CT molecular complexity index is 620. The number of anilines is 1. The molecule has 1 aliphatic rings. The first kappa shape index (κ1) is 14.6. The predicted molar refractivity (Wildman–Crippen MR) is 89.9 cm³/mol. The maximum atomic E-state index is 11.8. The maximum absolute atomic E-state index is 11.8. The molecular weight excluding hydrogens is 272 g/mol. The van der Waals surface area contributed by atoms with E-state index in [-0.39, 0.29) is 5.91 Å². The molecule has 0 aliphatic heterocycles. The van der Waals surface area contributed by atoms with Gasteiger partial charge in [-0.1, -0.05) is 48.5 Å². The van der Waals surface area contributed by atoms with Crippen molar-refractivity contribution < 1.29 is 4.79 Å². The highest BCUT2D eigenvalue weighted by atomic mass is 16.1. The van der Waals surface area contributed by atoms with Crippen LogP contribution >= 0.6 is 0 Å². The van der Waals surface area contributed by atoms with Crippen LogP contribution in [0, 0.1) is 5.92 Å². The van der Waals surface area contributed by atoms with Gasteiger partial charge in [0.2, 0.25) is 5.91 Å². The van der Waals surface area contributed by atoms with Crippen LogP contribution in [0.1, 0.15) is 24.0 Å². The van der Waals surface area contributed by atoms with Crippen LogP contribution in [0.2, 0.25) is 0 Å². The minimum absolute atomic E-state index is 0.0708. The molecule has 1 saturated carbocycles. The Morgan fingerprint density at radius 2 is 1.73 bits per heavy atom. The molecule has 1 fully saturated rings. The third-order valence-electron chi connectivity index (χ3n) is 3.98. The molecule has 2 aromatic carbocycles. The highest BCUT2D eigenvalue weighted by Gasteiger charge is 2.21. The molecule has 0 heterocycles. The van der Waals surface area contributed by atoms with Crippen molar-refractivity contribution in [1.82, 2.24) is 5.32 Å². The summed E-state index contributed by atoms with van der Waals surface area (Å²) in [5.41, 5.74) is 3.52. The van der Waals surface area contributed by atoms with Crippen LogP contribution in [0.15, 0.2) is 54.6 Å². The first-order chi connectivity index (χ1) is 10.8. The normalized spacial score (nSPS) is 13.6. The third-order valence-corrected chi connectivity index (χ3v) is 3.98. The molecule has 0 saturated heterocycles. The smallest absolute Gasteiger partial charge is 0.239 e. The molecule has 22 heavy (non-hydrogen) atoms. The van der Waals surface area contributed by atoms with Crippen molar-refractivity contribution >= 4 is 11.6 Å². The number of benzene rings is 2. The van der Waals surface area contributed by atoms with Crippen molar-refractivity contribution in [2.75, 3.05) is 18.4 Å². The first-order valence-corrected chi connectivity index (χ1v) is 7.93. The number of para-hydroxylation sites is 1. The Morgan fingerprint density at radius 1 is 1.00 bits per heavy atom. The maximum Gasteiger partial charge on any atom is 0.239 e. The SMILES string of the molecule is O=C(CNc1ccccc1Cc1ccccc1)NCC1CC1. The van der Waals surface area contributed by atoms with E-state index in [0.717, 1.165) is 18.7 Å². The molecule has 2 N–H and O–H groups in total. The van der Waals surface area contributed by atoms with Gasteiger partial charge in [0, 0.05) is 12.2 Å². The molecule has 0 atom stereocenters. The molecule has 0 spiro atoms. The third kappa shape index (κ3) is 4.35. The second-order valence-electron chi connectivity index (χ2n) is 5.92. The lowest BCUT2D eigenvalue weighted by Gasteiger charge is -2.12. The fourth-order valence-corrected chi connectivity index (χ4v) is 2.48. The van der Waals surface area contributed by atoms with Crippen LogP contribution < -0.4 is 10.6 Å². The first-order valence-electron chi connectivity index (χ1n) is 7.93. The van der Waals surface area contributed by atoms with Gasteiger partial charge in [0.15, 0.2) is 0 Å². The van der Waals surface area contributed by atoms with Crippen molar-refractivity contribution in [3.63, 3.8) is 0 Å². The lowest BCUT2D eigenvalue weighted by atomic mass is 10.0. The van der Waals surface area contributed by atoms with E-state index in [0.29, 0.717) is 12.5 Å². The minimum Gasteiger partial charge on any atom is -0.376 e. The largest absolute Gasteiger partial charge is 0.376 e. The van der Waals surface area contributed by atoms with Crippen molar-refractivity contribution in [3.05, 3.63) is 65.7 Å². The summed E-state index contributed by atoms with van der Waals surface area (Å²) in [6.45, 7) is 1.16. The molecule has 114 valence electrons. The van der Waals surface area contributed by atoms with Crippen LogP contribution in [-0.2, 0) is 11.2 Å². The lowest BCUT2D eigenvalue weighted by molar-refractivity contribution is -0.119. The highest BCUT2D eigenvalue weighted by Crippen LogP contribution is 2.27. The zero-order valence-electron chi connectivity index (χ0n) is 12.7. The predicted octanol–water partition coefficient (Wildman–Crippen LogP) is 3.22. The van der Waals surface area contributed by atoms with E-state index in [4.69, 9.17) is 0 Å². The van der Waals surface area contributed by atoms with Gasteiger partial charge < -0.3 is 10.6 Å². The average Bonchev–Trinajstić information content (AvgIpc) is 3.37. The second-order valence-corrected chi connectivity index (χ2v) is 5.92. The number of hydrogen-bond donors (Lipinski definition) is 2. The molecule has 0 radical (unpaired) electrons. The Morgan fingerprint density at radius 3 is 2.50 bits per heavy atom. The van der Waals surface area contributed by atoms with E-state index in [1.165, 1.54) is 24.0 Å². The Balaban J connectivity index is 1.57. The molecule has 2 aromatic rings. The van der Waals surface area contributed by atoms with Gasteiger partial charge in [0.05, 0.1) is 6.54 Å². The van der Waals surface area contributed by atoms with E-state index in [1.54, 1.807) is 0 Å². The monoisotopic (exact) mass is 294 g/mol. The van der Waals surface area contributed by atoms with Crippen LogP contribution in [0.4, 0.5) is 5.69 Å². The average molecular weight is 294 g/mol. The molecule has 1 aliphatic carbocycles. The van der Waals surface area contributed by atoms with Gasteiger partial charge in [-0.15, -0.1) is 0 Å². The van der Waals surface area contributed by atoms with Crippen molar-refractivity contribution in [3.8, 4) is 0 Å². The Hall–Kier alpha value is -2.29. The summed E-state index contributed by atoms with van der Waals surface area (Å²) in [7, 11) is 0. The van der Waals surface area contributed by atoms with Crippen molar-refractivity contribution in [2.45, 2.75) is 19.3 Å². The van der Waals surface area contributed by atoms with Crippen LogP contribution in [-0.4, -0.2) is 19.0 Å². The van der Waals surface area contributed by atoms with Gasteiger partial charge in [-0.3, -0.25) is 4.79 Å². The van der Waals surface area contributed by atoms with E-state index >= 15 is 0 Å². The zero-order chi connectivity index (χ0) is 15.2. The number of rotatable bonds is 7. The van der Waals surface area contributed by atoms with E-state index in [2.05, 4.69) is 41.0 Å². The summed E-state index contributed by atoms with van der Waals surface area (Å²) < 4.78 is 0. The van der Waals surface area contributed by atoms with Gasteiger partial charge in [-0.2, -0.15) is 0 Å². The van der Waals surface area contributed by atoms with Crippen LogP contribution in [0.5, 0.6) is 0 Å². The quantitative estimate of drug-likeness (QED) is 0.823. The summed E-state index contributed by atoms with van der Waals surface area (Å²) in [6.07, 6.45) is 3.38. The summed E-state index contributed by atoms with van der Waals surface area (Å²) in [6, 6.07) is 18.6. The Kier molecular flexibility index (Phi) is 4.74. The number of nitrogens with one attached hydrogen (secondary N) is 2. The van der Waals surface area contributed by atoms with Gasteiger partial charge in [0.25, 0.3) is 0 Å². The number of carbonyl (C=O) groups excluding carboxylic acids is 1. The van der Waals surface area contributed by atoms with E-state index in [9.17, 15) is 4.79 Å². The van der Waals surface area contributed by atoms with E-state index in [1.807, 2.05) is 24.3 Å². The summed E-state index contributed by atoms with van der Waals surface area (Å²) in [5, 5.41) is 6.25. The molecular formula is C19H22N2O. The van der Waals surface area contributed by atoms with Crippen molar-refractivity contribution in [1.29, 1.82) is 0 Å². The van der Waals surface area contributed by atoms with Gasteiger partial charge >= 0.3 is 0 Å². The highest BCUT2D eigenvalue weighted by molar-refractivity contribution is 5.81. The number of hydrogen-bond acceptors (Lipinski definition) is 2. The van der Waals surface area contributed by atoms with E-state index < -0.39 is 0 Å². The molecule has 3 heteroatoms. The fraction of sp³-hybridized carbons (Fsp3) is 0.316. The van der Waals surface area contributed by atoms with Crippen molar-refractivity contribution in [2.24, 2.45) is 5.92 Å². The summed E-state index contributed by atoms with van der Waals surface area (Å²) >= 11 is 0. The van der Waals surface area contributed by atoms with Gasteiger partial charge in [-0.25, -0.2) is 0 Å². The fourth-order valence-electron chi connectivity index (χ4n) is 2.48. The zero-order valence-corrected chi connectivity index (χ0v) is 12.7. The molecule has 3 nitrogen and oxygen atoms in total. The van der Waals surface area contributed by atoms with Gasteiger partial charge in [-0.05, 0) is 42.4 Å². The molecule has 0 unspecified atom stereocenters. The molecule has 0 aromatic heterocycles. The number of amides is 1. The number of carbonyl (C=O) groups is 1. The van der Waals surface area contributed by atoms with Gasteiger partial charge in [0.1, 0.15) is 0 Å². The Labute approximate surface area is 131 Å². The standard InChI is InChI=1S/C19H22N2O/c22-19(21-13-16-10-11-16)14-20-18-9-5-4-8-17(18)12-15-6-2-1-3-7-15/h1-9,16,20H,10-14H2,(H,21,22). The topological polar surface area (TPSA) is 41.1 Å². The molecule has 1 amide bonds.